The van der Waals surface area contributed by atoms with Crippen molar-refractivity contribution in [3.05, 3.63) is 58.7 Å². The van der Waals surface area contributed by atoms with Crippen LogP contribution >= 0.6 is 0 Å². The Balaban J connectivity index is 1.82. The fraction of sp³-hybridized carbons (Fsp3) is 0.278. The molecule has 21 heavy (non-hydrogen) atoms. The zero-order chi connectivity index (χ0) is 14.8. The number of nitrogens with one attached hydrogen (secondary N) is 2. The summed E-state index contributed by atoms with van der Waals surface area (Å²) in [7, 11) is 0. The predicted molar refractivity (Wildman–Crippen MR) is 87.1 cm³/mol. The summed E-state index contributed by atoms with van der Waals surface area (Å²) >= 11 is 0. The second-order valence-electron chi connectivity index (χ2n) is 5.73. The zero-order valence-corrected chi connectivity index (χ0v) is 12.5. The first-order chi connectivity index (χ1) is 10.1. The summed E-state index contributed by atoms with van der Waals surface area (Å²) in [5.41, 5.74) is 6.27. The third-order valence-corrected chi connectivity index (χ3v) is 3.79. The van der Waals surface area contributed by atoms with Crippen LogP contribution in [0, 0.1) is 13.8 Å². The van der Waals surface area contributed by atoms with Crippen LogP contribution in [-0.2, 0) is 6.42 Å². The number of fused-ring (bicyclic) bond motifs is 1. The molecule has 3 heteroatoms. The maximum absolute atomic E-state index is 12.4. The average Bonchev–Trinajstić information content (AvgIpc) is 2.45. The topological polar surface area (TPSA) is 41.1 Å². The summed E-state index contributed by atoms with van der Waals surface area (Å²) in [5.74, 6) is -0.0478. The van der Waals surface area contributed by atoms with Gasteiger partial charge >= 0.3 is 0 Å². The molecule has 3 nitrogen and oxygen atoms in total. The number of carbonyl (C=O) groups excluding carboxylic acids is 1. The first-order valence-corrected chi connectivity index (χ1v) is 7.38. The first-order valence-electron chi connectivity index (χ1n) is 7.38. The summed E-state index contributed by atoms with van der Waals surface area (Å²) in [6.07, 6.45) is 2.15. The van der Waals surface area contributed by atoms with E-state index in [1.807, 2.05) is 44.2 Å². The van der Waals surface area contributed by atoms with Crippen LogP contribution in [0.1, 0.15) is 33.5 Å². The third-order valence-electron chi connectivity index (χ3n) is 3.79. The second kappa shape index (κ2) is 5.60. The number of hydrogen-bond acceptors (Lipinski definition) is 2. The van der Waals surface area contributed by atoms with Gasteiger partial charge in [0.2, 0.25) is 0 Å². The lowest BCUT2D eigenvalue weighted by molar-refractivity contribution is 0.102. The van der Waals surface area contributed by atoms with E-state index in [0.717, 1.165) is 47.5 Å². The highest BCUT2D eigenvalue weighted by atomic mass is 16.1. The van der Waals surface area contributed by atoms with Crippen LogP contribution in [0.25, 0.3) is 0 Å². The molecule has 0 radical (unpaired) electrons. The molecule has 108 valence electrons. The number of amides is 1. The van der Waals surface area contributed by atoms with Gasteiger partial charge in [-0.15, -0.1) is 0 Å². The van der Waals surface area contributed by atoms with E-state index in [0.29, 0.717) is 0 Å². The normalized spacial score (nSPS) is 13.2. The van der Waals surface area contributed by atoms with Crippen molar-refractivity contribution in [3.63, 3.8) is 0 Å². The van der Waals surface area contributed by atoms with Crippen LogP contribution in [0.4, 0.5) is 11.4 Å². The Morgan fingerprint density at radius 3 is 2.62 bits per heavy atom. The van der Waals surface area contributed by atoms with Crippen LogP contribution in [0.5, 0.6) is 0 Å². The number of hydrogen-bond donors (Lipinski definition) is 2. The molecule has 2 N–H and O–H groups in total. The lowest BCUT2D eigenvalue weighted by atomic mass is 10.0. The van der Waals surface area contributed by atoms with Crippen LogP contribution < -0.4 is 10.6 Å². The van der Waals surface area contributed by atoms with Gasteiger partial charge < -0.3 is 10.6 Å². The van der Waals surface area contributed by atoms with Gasteiger partial charge in [-0.05, 0) is 73.7 Å². The van der Waals surface area contributed by atoms with Crippen molar-refractivity contribution in [2.24, 2.45) is 0 Å². The maximum atomic E-state index is 12.4. The molecule has 1 heterocycles. The van der Waals surface area contributed by atoms with Crippen molar-refractivity contribution in [2.75, 3.05) is 17.2 Å². The molecule has 0 bridgehead atoms. The van der Waals surface area contributed by atoms with Crippen molar-refractivity contribution >= 4 is 17.3 Å². The lowest BCUT2D eigenvalue weighted by Crippen LogP contribution is -2.15. The smallest absolute Gasteiger partial charge is 0.255 e. The Hall–Kier alpha value is -2.29. The third kappa shape index (κ3) is 3.07. The summed E-state index contributed by atoms with van der Waals surface area (Å²) < 4.78 is 0. The molecule has 1 amide bonds. The predicted octanol–water partition coefficient (Wildman–Crippen LogP) is 3.91. The quantitative estimate of drug-likeness (QED) is 0.875. The van der Waals surface area contributed by atoms with Gasteiger partial charge in [-0.2, -0.15) is 0 Å². The van der Waals surface area contributed by atoms with Gasteiger partial charge in [0, 0.05) is 23.5 Å². The largest absolute Gasteiger partial charge is 0.385 e. The highest BCUT2D eigenvalue weighted by Crippen LogP contribution is 2.23. The number of aryl methyl sites for hydroxylation is 3. The minimum Gasteiger partial charge on any atom is -0.385 e. The standard InChI is InChI=1S/C18H20N2O/c1-12-8-13(2)10-16(9-12)20-18(21)15-5-6-17-14(11-15)4-3-7-19-17/h5-6,8-11,19H,3-4,7H2,1-2H3,(H,20,21). The van der Waals surface area contributed by atoms with Gasteiger partial charge in [0.15, 0.2) is 0 Å². The lowest BCUT2D eigenvalue weighted by Gasteiger charge is -2.18. The highest BCUT2D eigenvalue weighted by Gasteiger charge is 2.12. The van der Waals surface area contributed by atoms with Crippen LogP contribution in [-0.4, -0.2) is 12.5 Å². The number of benzene rings is 2. The first kappa shape index (κ1) is 13.7. The van der Waals surface area contributed by atoms with E-state index in [9.17, 15) is 4.79 Å². The Morgan fingerprint density at radius 1 is 1.10 bits per heavy atom. The molecule has 0 aliphatic carbocycles. The van der Waals surface area contributed by atoms with Crippen molar-refractivity contribution in [1.29, 1.82) is 0 Å². The van der Waals surface area contributed by atoms with Crippen LogP contribution in [0.15, 0.2) is 36.4 Å². The molecule has 0 saturated carbocycles. The van der Waals surface area contributed by atoms with Gasteiger partial charge in [-0.25, -0.2) is 0 Å². The SMILES string of the molecule is Cc1cc(C)cc(NC(=O)c2ccc3c(c2)CCCN3)c1. The molecule has 2 aromatic carbocycles. The van der Waals surface area contributed by atoms with E-state index in [2.05, 4.69) is 16.7 Å². The Labute approximate surface area is 125 Å². The Morgan fingerprint density at radius 2 is 1.86 bits per heavy atom. The minimum atomic E-state index is -0.0478. The van der Waals surface area contributed by atoms with E-state index in [1.165, 1.54) is 5.56 Å². The van der Waals surface area contributed by atoms with E-state index in [1.54, 1.807) is 0 Å². The Bertz CT molecular complexity index is 671. The van der Waals surface area contributed by atoms with Gasteiger partial charge in [0.25, 0.3) is 5.91 Å². The zero-order valence-electron chi connectivity index (χ0n) is 12.5. The van der Waals surface area contributed by atoms with E-state index in [-0.39, 0.29) is 5.91 Å². The summed E-state index contributed by atoms with van der Waals surface area (Å²) in [4.78, 5) is 12.4. The van der Waals surface area contributed by atoms with E-state index >= 15 is 0 Å². The van der Waals surface area contributed by atoms with E-state index in [4.69, 9.17) is 0 Å². The van der Waals surface area contributed by atoms with Gasteiger partial charge in [-0.3, -0.25) is 4.79 Å². The summed E-state index contributed by atoms with van der Waals surface area (Å²) in [6, 6.07) is 12.0. The monoisotopic (exact) mass is 280 g/mol. The van der Waals surface area contributed by atoms with Gasteiger partial charge in [-0.1, -0.05) is 6.07 Å². The van der Waals surface area contributed by atoms with Crippen molar-refractivity contribution in [2.45, 2.75) is 26.7 Å². The van der Waals surface area contributed by atoms with Crippen molar-refractivity contribution in [1.82, 2.24) is 0 Å². The van der Waals surface area contributed by atoms with Crippen molar-refractivity contribution in [3.8, 4) is 0 Å². The molecule has 0 saturated heterocycles. The molecule has 0 unspecified atom stereocenters. The number of anilines is 2. The molecule has 3 rings (SSSR count). The molecule has 2 aromatic rings. The summed E-state index contributed by atoms with van der Waals surface area (Å²) in [5, 5.41) is 6.35. The number of carbonyl (C=O) groups is 1. The second-order valence-corrected chi connectivity index (χ2v) is 5.73. The molecule has 1 aliphatic rings. The van der Waals surface area contributed by atoms with E-state index < -0.39 is 0 Å². The molecule has 0 spiro atoms. The van der Waals surface area contributed by atoms with Crippen molar-refractivity contribution < 1.29 is 4.79 Å². The Kier molecular flexibility index (Phi) is 3.65. The molecule has 0 atom stereocenters. The molecule has 1 aliphatic heterocycles. The maximum Gasteiger partial charge on any atom is 0.255 e. The molecular formula is C18H20N2O. The molecule has 0 fully saturated rings. The molecular weight excluding hydrogens is 260 g/mol. The highest BCUT2D eigenvalue weighted by molar-refractivity contribution is 6.04. The van der Waals surface area contributed by atoms with Crippen LogP contribution in [0.3, 0.4) is 0 Å². The minimum absolute atomic E-state index is 0.0478. The fourth-order valence-electron chi connectivity index (χ4n) is 2.87. The van der Waals surface area contributed by atoms with Gasteiger partial charge in [0.1, 0.15) is 0 Å². The fourth-order valence-corrected chi connectivity index (χ4v) is 2.87. The van der Waals surface area contributed by atoms with Gasteiger partial charge in [0.05, 0.1) is 0 Å². The number of rotatable bonds is 2. The average molecular weight is 280 g/mol. The summed E-state index contributed by atoms with van der Waals surface area (Å²) in [6.45, 7) is 5.08. The van der Waals surface area contributed by atoms with Crippen LogP contribution in [0.2, 0.25) is 0 Å². The molecule has 0 aromatic heterocycles.